The maximum absolute atomic E-state index is 5.96. The van der Waals surface area contributed by atoms with Crippen molar-refractivity contribution in [3.05, 3.63) is 18.2 Å². The molecule has 1 aliphatic rings. The van der Waals surface area contributed by atoms with E-state index in [1.54, 1.807) is 0 Å². The summed E-state index contributed by atoms with van der Waals surface area (Å²) in [5, 5.41) is 0. The van der Waals surface area contributed by atoms with Crippen LogP contribution in [0.4, 0.5) is 0 Å². The number of hydrogen-bond acceptors (Lipinski definition) is 3. The van der Waals surface area contributed by atoms with E-state index < -0.39 is 0 Å². The molecule has 0 aliphatic carbocycles. The van der Waals surface area contributed by atoms with Gasteiger partial charge in [0.2, 0.25) is 0 Å². The minimum atomic E-state index is 0.0568. The molecule has 17 heavy (non-hydrogen) atoms. The van der Waals surface area contributed by atoms with Crippen molar-refractivity contribution < 1.29 is 0 Å². The minimum absolute atomic E-state index is 0.0568. The summed E-state index contributed by atoms with van der Waals surface area (Å²) in [6.45, 7) is 7.86. The molecule has 4 nitrogen and oxygen atoms in total. The van der Waals surface area contributed by atoms with E-state index in [-0.39, 0.29) is 6.04 Å². The van der Waals surface area contributed by atoms with Crippen LogP contribution in [0.15, 0.2) is 12.5 Å². The Hall–Kier alpha value is -0.870. The van der Waals surface area contributed by atoms with Crippen molar-refractivity contribution in [3.8, 4) is 0 Å². The number of likely N-dealkylation sites (tertiary alicyclic amines) is 1. The molecule has 0 radical (unpaired) electrons. The van der Waals surface area contributed by atoms with Crippen LogP contribution < -0.4 is 5.73 Å². The largest absolute Gasteiger partial charge is 0.329 e. The summed E-state index contributed by atoms with van der Waals surface area (Å²) in [6.07, 6.45) is 7.87. The highest BCUT2D eigenvalue weighted by Gasteiger charge is 2.17. The van der Waals surface area contributed by atoms with E-state index in [0.29, 0.717) is 6.04 Å². The first-order chi connectivity index (χ1) is 8.18. The van der Waals surface area contributed by atoms with Crippen molar-refractivity contribution >= 4 is 0 Å². The summed E-state index contributed by atoms with van der Waals surface area (Å²) in [6, 6.07) is 0.512. The van der Waals surface area contributed by atoms with E-state index >= 15 is 0 Å². The molecule has 4 heteroatoms. The number of imidazole rings is 1. The molecule has 2 heterocycles. The van der Waals surface area contributed by atoms with Crippen molar-refractivity contribution in [1.29, 1.82) is 0 Å². The Bertz CT molecular complexity index is 339. The van der Waals surface area contributed by atoms with E-state index in [1.165, 1.54) is 32.4 Å². The molecule has 1 fully saturated rings. The van der Waals surface area contributed by atoms with Gasteiger partial charge in [-0.25, -0.2) is 4.98 Å². The number of piperidine rings is 1. The Balaban J connectivity index is 1.98. The number of hydrogen-bond donors (Lipinski definition) is 1. The zero-order chi connectivity index (χ0) is 12.3. The van der Waals surface area contributed by atoms with Crippen LogP contribution in [-0.2, 0) is 0 Å². The normalized spacial score (nSPS) is 21.4. The zero-order valence-corrected chi connectivity index (χ0v) is 11.0. The predicted molar refractivity (Wildman–Crippen MR) is 69.8 cm³/mol. The predicted octanol–water partition coefficient (Wildman–Crippen LogP) is 1.95. The smallest absolute Gasteiger partial charge is 0.0951 e. The van der Waals surface area contributed by atoms with Gasteiger partial charge >= 0.3 is 0 Å². The fraction of sp³-hybridized carbons (Fsp3) is 0.769. The van der Waals surface area contributed by atoms with Gasteiger partial charge in [0.1, 0.15) is 0 Å². The van der Waals surface area contributed by atoms with Crippen LogP contribution in [0.1, 0.15) is 50.9 Å². The third-order valence-electron chi connectivity index (χ3n) is 3.61. The first kappa shape index (κ1) is 12.6. The second kappa shape index (κ2) is 5.65. The van der Waals surface area contributed by atoms with Gasteiger partial charge in [-0.1, -0.05) is 6.42 Å². The summed E-state index contributed by atoms with van der Waals surface area (Å²) in [4.78, 5) is 6.78. The van der Waals surface area contributed by atoms with Gasteiger partial charge in [0.15, 0.2) is 0 Å². The molecule has 0 spiro atoms. The lowest BCUT2D eigenvalue weighted by molar-refractivity contribution is 0.200. The lowest BCUT2D eigenvalue weighted by Gasteiger charge is -2.30. The van der Waals surface area contributed by atoms with Gasteiger partial charge in [0.05, 0.1) is 12.0 Å². The summed E-state index contributed by atoms with van der Waals surface area (Å²) in [5.74, 6) is 0. The van der Waals surface area contributed by atoms with Crippen molar-refractivity contribution in [2.24, 2.45) is 5.73 Å². The van der Waals surface area contributed by atoms with Gasteiger partial charge in [-0.3, -0.25) is 0 Å². The second-order valence-electron chi connectivity index (χ2n) is 5.22. The van der Waals surface area contributed by atoms with Crippen LogP contribution in [0, 0.1) is 0 Å². The van der Waals surface area contributed by atoms with E-state index in [1.807, 2.05) is 19.4 Å². The first-order valence-corrected chi connectivity index (χ1v) is 6.68. The fourth-order valence-corrected chi connectivity index (χ4v) is 2.64. The molecule has 0 aromatic carbocycles. The average Bonchev–Trinajstić information content (AvgIpc) is 2.79. The van der Waals surface area contributed by atoms with Crippen LogP contribution >= 0.6 is 0 Å². The van der Waals surface area contributed by atoms with Crippen LogP contribution in [0.25, 0.3) is 0 Å². The van der Waals surface area contributed by atoms with E-state index in [0.717, 1.165) is 12.2 Å². The van der Waals surface area contributed by atoms with Gasteiger partial charge in [0, 0.05) is 24.8 Å². The number of nitrogens with two attached hydrogens (primary N) is 1. The zero-order valence-electron chi connectivity index (χ0n) is 11.0. The maximum atomic E-state index is 5.96. The molecule has 96 valence electrons. The number of aromatic nitrogens is 2. The van der Waals surface area contributed by atoms with Crippen LogP contribution in [-0.4, -0.2) is 34.1 Å². The molecule has 2 rings (SSSR count). The molecule has 0 saturated carbocycles. The molecule has 2 N–H and O–H groups in total. The minimum Gasteiger partial charge on any atom is -0.329 e. The highest BCUT2D eigenvalue weighted by Crippen LogP contribution is 2.18. The lowest BCUT2D eigenvalue weighted by Crippen LogP contribution is -2.34. The van der Waals surface area contributed by atoms with Crippen molar-refractivity contribution in [3.63, 3.8) is 0 Å². The molecule has 1 aromatic rings. The van der Waals surface area contributed by atoms with Gasteiger partial charge < -0.3 is 15.2 Å². The van der Waals surface area contributed by atoms with Crippen molar-refractivity contribution in [2.75, 3.05) is 19.6 Å². The Labute approximate surface area is 104 Å². The Kier molecular flexibility index (Phi) is 4.18. The maximum Gasteiger partial charge on any atom is 0.0951 e. The van der Waals surface area contributed by atoms with Gasteiger partial charge in [-0.15, -0.1) is 0 Å². The molecular weight excluding hydrogens is 212 g/mol. The molecular formula is C13H24N4. The average molecular weight is 236 g/mol. The lowest BCUT2D eigenvalue weighted by atomic mass is 10.1. The molecule has 2 atom stereocenters. The second-order valence-corrected chi connectivity index (χ2v) is 5.22. The summed E-state index contributed by atoms with van der Waals surface area (Å²) >= 11 is 0. The Morgan fingerprint density at radius 1 is 1.29 bits per heavy atom. The van der Waals surface area contributed by atoms with E-state index in [4.69, 9.17) is 5.73 Å². The highest BCUT2D eigenvalue weighted by atomic mass is 15.2. The summed E-state index contributed by atoms with van der Waals surface area (Å²) in [5.41, 5.74) is 7.09. The molecule has 1 aliphatic heterocycles. The first-order valence-electron chi connectivity index (χ1n) is 6.68. The van der Waals surface area contributed by atoms with E-state index in [9.17, 15) is 0 Å². The van der Waals surface area contributed by atoms with Crippen LogP contribution in [0.5, 0.6) is 0 Å². The standard InChI is InChI=1S/C13H24N4/c1-11(9-16-6-4-3-5-7-16)17-10-15-8-13(17)12(2)14/h8,10-12H,3-7,9,14H2,1-2H3/t11?,12-/m0/s1. The van der Waals surface area contributed by atoms with E-state index in [2.05, 4.69) is 21.4 Å². The number of rotatable bonds is 4. The topological polar surface area (TPSA) is 47.1 Å². The third-order valence-corrected chi connectivity index (χ3v) is 3.61. The van der Waals surface area contributed by atoms with Gasteiger partial charge in [0.25, 0.3) is 0 Å². The van der Waals surface area contributed by atoms with Gasteiger partial charge in [-0.05, 0) is 39.8 Å². The summed E-state index contributed by atoms with van der Waals surface area (Å²) in [7, 11) is 0. The van der Waals surface area contributed by atoms with Crippen molar-refractivity contribution in [1.82, 2.24) is 14.5 Å². The molecule has 1 unspecified atom stereocenters. The Morgan fingerprint density at radius 2 is 2.00 bits per heavy atom. The molecule has 1 aromatic heterocycles. The third kappa shape index (κ3) is 3.07. The van der Waals surface area contributed by atoms with Gasteiger partial charge in [-0.2, -0.15) is 0 Å². The number of nitrogens with zero attached hydrogens (tertiary/aromatic N) is 3. The summed E-state index contributed by atoms with van der Waals surface area (Å²) < 4.78 is 2.22. The Morgan fingerprint density at radius 3 is 2.65 bits per heavy atom. The fourth-order valence-electron chi connectivity index (χ4n) is 2.64. The van der Waals surface area contributed by atoms with Crippen LogP contribution in [0.3, 0.4) is 0 Å². The quantitative estimate of drug-likeness (QED) is 0.869. The highest BCUT2D eigenvalue weighted by molar-refractivity contribution is 5.04. The van der Waals surface area contributed by atoms with Crippen LogP contribution in [0.2, 0.25) is 0 Å². The monoisotopic (exact) mass is 236 g/mol. The SMILES string of the molecule is CC(CN1CCCCC1)n1cncc1[C@H](C)N. The molecule has 0 bridgehead atoms. The molecule has 1 saturated heterocycles. The molecule has 0 amide bonds. The van der Waals surface area contributed by atoms with Crippen molar-refractivity contribution in [2.45, 2.75) is 45.2 Å².